The lowest BCUT2D eigenvalue weighted by Crippen LogP contribution is -2.42. The van der Waals surface area contributed by atoms with Gasteiger partial charge in [-0.2, -0.15) is 4.31 Å². The van der Waals surface area contributed by atoms with E-state index in [-0.39, 0.29) is 22.0 Å². The molecule has 28 heavy (non-hydrogen) atoms. The molecule has 1 atom stereocenters. The van der Waals surface area contributed by atoms with Crippen LogP contribution in [0.5, 0.6) is 0 Å². The van der Waals surface area contributed by atoms with E-state index in [1.807, 2.05) is 0 Å². The molecule has 2 fully saturated rings. The van der Waals surface area contributed by atoms with E-state index in [9.17, 15) is 18.5 Å². The molecule has 8 nitrogen and oxygen atoms in total. The van der Waals surface area contributed by atoms with Crippen LogP contribution in [-0.4, -0.2) is 56.0 Å². The zero-order valence-electron chi connectivity index (χ0n) is 15.8. The lowest BCUT2D eigenvalue weighted by atomic mass is 9.91. The van der Waals surface area contributed by atoms with Crippen molar-refractivity contribution < 1.29 is 18.1 Å². The fraction of sp³-hybridized carbons (Fsp3) is 0.667. The molecule has 0 spiro atoms. The number of nitrogens with one attached hydrogen (secondary N) is 1. The minimum atomic E-state index is -3.63. The second-order valence-corrected chi connectivity index (χ2v) is 9.78. The Labute approximate surface area is 170 Å². The Morgan fingerprint density at radius 3 is 2.57 bits per heavy atom. The maximum Gasteiger partial charge on any atom is 0.243 e. The van der Waals surface area contributed by atoms with E-state index in [1.54, 1.807) is 19.2 Å². The molecule has 0 unspecified atom stereocenters. The van der Waals surface area contributed by atoms with Crippen LogP contribution >= 0.6 is 11.6 Å². The fourth-order valence-corrected chi connectivity index (χ4v) is 5.73. The average Bonchev–Trinajstić information content (AvgIpc) is 2.70. The largest absolute Gasteiger partial charge is 0.381 e. The number of nitro groups is 1. The number of benzene rings is 1. The predicted octanol–water partition coefficient (Wildman–Crippen LogP) is 3.14. The molecule has 1 aromatic carbocycles. The van der Waals surface area contributed by atoms with Gasteiger partial charge >= 0.3 is 0 Å². The molecule has 0 radical (unpaired) electrons. The summed E-state index contributed by atoms with van der Waals surface area (Å²) in [6.07, 6.45) is 3.97. The van der Waals surface area contributed by atoms with E-state index in [2.05, 4.69) is 5.32 Å². The summed E-state index contributed by atoms with van der Waals surface area (Å²) in [7, 11) is -2.03. The number of halogens is 1. The first kappa shape index (κ1) is 21.3. The Morgan fingerprint density at radius 2 is 1.96 bits per heavy atom. The summed E-state index contributed by atoms with van der Waals surface area (Å²) in [5.74, 6) is 0. The summed E-state index contributed by atoms with van der Waals surface area (Å²) in [6, 6.07) is 4.33. The Bertz CT molecular complexity index is 811. The van der Waals surface area contributed by atoms with E-state index in [4.69, 9.17) is 16.3 Å². The lowest BCUT2D eigenvalue weighted by molar-refractivity contribution is -0.526. The molecule has 1 N–H and O–H groups in total. The van der Waals surface area contributed by atoms with Crippen molar-refractivity contribution in [3.63, 3.8) is 0 Å². The SMILES string of the molecule is CO[C@@H]1CCCN(S(=O)(=O)c2ccc(NC3CCC([N+](=O)[O-])CC3)c(Cl)c2)C1. The van der Waals surface area contributed by atoms with Gasteiger partial charge in [0.05, 0.1) is 21.7 Å². The van der Waals surface area contributed by atoms with Gasteiger partial charge in [-0.1, -0.05) is 11.6 Å². The minimum absolute atomic E-state index is 0.0887. The third kappa shape index (κ3) is 4.76. The Balaban J connectivity index is 1.67. The first-order chi connectivity index (χ1) is 13.3. The number of hydrogen-bond donors (Lipinski definition) is 1. The van der Waals surface area contributed by atoms with Crippen LogP contribution < -0.4 is 5.32 Å². The van der Waals surface area contributed by atoms with Crippen molar-refractivity contribution in [1.29, 1.82) is 0 Å². The minimum Gasteiger partial charge on any atom is -0.381 e. The smallest absolute Gasteiger partial charge is 0.243 e. The van der Waals surface area contributed by atoms with Crippen LogP contribution in [0.25, 0.3) is 0 Å². The molecule has 0 bridgehead atoms. The molecule has 1 aliphatic carbocycles. The van der Waals surface area contributed by atoms with Crippen molar-refractivity contribution in [1.82, 2.24) is 4.31 Å². The highest BCUT2D eigenvalue weighted by Gasteiger charge is 2.31. The number of hydrogen-bond acceptors (Lipinski definition) is 6. The number of piperidine rings is 1. The number of ether oxygens (including phenoxy) is 1. The number of methoxy groups -OCH3 is 1. The number of anilines is 1. The maximum atomic E-state index is 12.9. The Kier molecular flexibility index (Phi) is 6.80. The van der Waals surface area contributed by atoms with Gasteiger partial charge in [0.25, 0.3) is 0 Å². The zero-order chi connectivity index (χ0) is 20.3. The molecular formula is C18H26ClN3O5S. The van der Waals surface area contributed by atoms with Gasteiger partial charge in [-0.05, 0) is 43.9 Å². The normalized spacial score (nSPS) is 26.7. The van der Waals surface area contributed by atoms with Gasteiger partial charge in [0, 0.05) is 44.0 Å². The zero-order valence-corrected chi connectivity index (χ0v) is 17.4. The van der Waals surface area contributed by atoms with Gasteiger partial charge in [0.1, 0.15) is 0 Å². The number of rotatable bonds is 6. The molecular weight excluding hydrogens is 406 g/mol. The first-order valence-corrected chi connectivity index (χ1v) is 11.4. The van der Waals surface area contributed by atoms with Gasteiger partial charge < -0.3 is 10.1 Å². The van der Waals surface area contributed by atoms with Crippen LogP contribution in [0.2, 0.25) is 5.02 Å². The van der Waals surface area contributed by atoms with Crippen LogP contribution in [0.1, 0.15) is 38.5 Å². The predicted molar refractivity (Wildman–Crippen MR) is 107 cm³/mol. The summed E-state index contributed by atoms with van der Waals surface area (Å²) in [4.78, 5) is 10.8. The molecule has 1 saturated carbocycles. The third-order valence-electron chi connectivity index (χ3n) is 5.61. The Morgan fingerprint density at radius 1 is 1.25 bits per heavy atom. The average molecular weight is 432 g/mol. The molecule has 0 aromatic heterocycles. The second kappa shape index (κ2) is 8.94. The van der Waals surface area contributed by atoms with Crippen LogP contribution in [0.15, 0.2) is 23.1 Å². The third-order valence-corrected chi connectivity index (χ3v) is 7.78. The van der Waals surface area contributed by atoms with Gasteiger partial charge in [-0.15, -0.1) is 0 Å². The fourth-order valence-electron chi connectivity index (χ4n) is 3.89. The molecule has 1 aliphatic heterocycles. The van der Waals surface area contributed by atoms with E-state index >= 15 is 0 Å². The van der Waals surface area contributed by atoms with Crippen molar-refractivity contribution in [3.05, 3.63) is 33.3 Å². The van der Waals surface area contributed by atoms with Crippen molar-refractivity contribution >= 4 is 27.3 Å². The van der Waals surface area contributed by atoms with Crippen molar-refractivity contribution in [2.24, 2.45) is 0 Å². The van der Waals surface area contributed by atoms with Gasteiger partial charge in [0.2, 0.25) is 16.1 Å². The number of sulfonamides is 1. The quantitative estimate of drug-likeness (QED) is 0.548. The molecule has 3 rings (SSSR count). The molecule has 10 heteroatoms. The summed E-state index contributed by atoms with van der Waals surface area (Å²) < 4.78 is 32.6. The molecule has 1 heterocycles. The maximum absolute atomic E-state index is 12.9. The summed E-state index contributed by atoms with van der Waals surface area (Å²) in [6.45, 7) is 0.815. The monoisotopic (exact) mass is 431 g/mol. The molecule has 2 aliphatic rings. The van der Waals surface area contributed by atoms with Crippen LogP contribution in [0.4, 0.5) is 5.69 Å². The molecule has 1 aromatic rings. The topological polar surface area (TPSA) is 102 Å². The van der Waals surface area contributed by atoms with Crippen LogP contribution in [-0.2, 0) is 14.8 Å². The van der Waals surface area contributed by atoms with E-state index < -0.39 is 16.1 Å². The van der Waals surface area contributed by atoms with Crippen molar-refractivity contribution in [2.75, 3.05) is 25.5 Å². The Hall–Kier alpha value is -1.42. The van der Waals surface area contributed by atoms with Gasteiger partial charge in [-0.25, -0.2) is 8.42 Å². The van der Waals surface area contributed by atoms with Crippen LogP contribution in [0, 0.1) is 10.1 Å². The highest BCUT2D eigenvalue weighted by Crippen LogP contribution is 2.31. The van der Waals surface area contributed by atoms with Gasteiger partial charge in [0.15, 0.2) is 0 Å². The molecule has 1 saturated heterocycles. The number of nitrogens with zero attached hydrogens (tertiary/aromatic N) is 2. The summed E-state index contributed by atoms with van der Waals surface area (Å²) in [5.41, 5.74) is 0.651. The van der Waals surface area contributed by atoms with E-state index in [0.717, 1.165) is 12.8 Å². The standard InChI is InChI=1S/C18H26ClN3O5S/c1-27-15-3-2-10-21(12-15)28(25,26)16-8-9-18(17(19)11-16)20-13-4-6-14(7-5-13)22(23)24/h8-9,11,13-15,20H,2-7,10,12H2,1H3/t13?,14?,15-/m1/s1. The lowest BCUT2D eigenvalue weighted by Gasteiger charge is -2.31. The second-order valence-electron chi connectivity index (χ2n) is 7.44. The van der Waals surface area contributed by atoms with Crippen molar-refractivity contribution in [3.8, 4) is 0 Å². The van der Waals surface area contributed by atoms with E-state index in [0.29, 0.717) is 49.5 Å². The highest BCUT2D eigenvalue weighted by molar-refractivity contribution is 7.89. The highest BCUT2D eigenvalue weighted by atomic mass is 35.5. The molecule has 156 valence electrons. The van der Waals surface area contributed by atoms with Crippen molar-refractivity contribution in [2.45, 2.75) is 61.6 Å². The first-order valence-electron chi connectivity index (χ1n) is 9.53. The summed E-state index contributed by atoms with van der Waals surface area (Å²) >= 11 is 6.35. The summed E-state index contributed by atoms with van der Waals surface area (Å²) in [5, 5.41) is 14.5. The van der Waals surface area contributed by atoms with E-state index in [1.165, 1.54) is 10.4 Å². The van der Waals surface area contributed by atoms with Crippen LogP contribution in [0.3, 0.4) is 0 Å². The molecule has 0 amide bonds. The van der Waals surface area contributed by atoms with Gasteiger partial charge in [-0.3, -0.25) is 10.1 Å².